The number of benzene rings is 2. The fourth-order valence-corrected chi connectivity index (χ4v) is 4.28. The molecule has 162 valence electrons. The van der Waals surface area contributed by atoms with Crippen LogP contribution in [-0.2, 0) is 0 Å². The van der Waals surface area contributed by atoms with Crippen LogP contribution in [-0.4, -0.2) is 45.1 Å². The molecule has 1 fully saturated rings. The number of piperidine rings is 1. The highest BCUT2D eigenvalue weighted by atomic mass is 16.5. The number of carbonyl (C=O) groups excluding carboxylic acids is 1. The maximum absolute atomic E-state index is 13.6. The number of anilines is 1. The van der Waals surface area contributed by atoms with E-state index in [-0.39, 0.29) is 11.9 Å². The zero-order chi connectivity index (χ0) is 21.9. The summed E-state index contributed by atoms with van der Waals surface area (Å²) in [6.07, 6.45) is 3.05. The van der Waals surface area contributed by atoms with Gasteiger partial charge in [-0.2, -0.15) is 4.98 Å². The Hall–Kier alpha value is -3.74. The Morgan fingerprint density at radius 1 is 1.06 bits per heavy atom. The number of nitrogens with zero attached hydrogens (tertiary/aromatic N) is 4. The minimum atomic E-state index is -0.00516. The molecule has 0 aliphatic carbocycles. The van der Waals surface area contributed by atoms with Crippen LogP contribution in [0.2, 0.25) is 0 Å². The predicted octanol–water partition coefficient (Wildman–Crippen LogP) is 4.70. The molecule has 7 heteroatoms. The molecule has 1 unspecified atom stereocenters. The lowest BCUT2D eigenvalue weighted by Crippen LogP contribution is -2.47. The van der Waals surface area contributed by atoms with Gasteiger partial charge >= 0.3 is 0 Å². The number of fused-ring (bicyclic) bond motifs is 1. The molecule has 2 aromatic carbocycles. The van der Waals surface area contributed by atoms with Crippen molar-refractivity contribution in [2.24, 2.45) is 0 Å². The Labute approximate surface area is 186 Å². The molecule has 0 radical (unpaired) electrons. The highest BCUT2D eigenvalue weighted by Gasteiger charge is 2.29. The topological polar surface area (TPSA) is 84.2 Å². The smallest absolute Gasteiger partial charge is 0.258 e. The van der Waals surface area contributed by atoms with Gasteiger partial charge in [-0.15, -0.1) is 0 Å². The summed E-state index contributed by atoms with van der Waals surface area (Å²) in [6, 6.07) is 19.6. The lowest BCUT2D eigenvalue weighted by atomic mass is 9.99. The number of hydrogen-bond acceptors (Lipinski definition) is 6. The first-order chi connectivity index (χ1) is 15.7. The molecule has 0 spiro atoms. The number of carbonyl (C=O) groups is 1. The van der Waals surface area contributed by atoms with Crippen LogP contribution in [0.3, 0.4) is 0 Å². The van der Waals surface area contributed by atoms with Gasteiger partial charge in [0.25, 0.3) is 11.8 Å². The van der Waals surface area contributed by atoms with Gasteiger partial charge in [0.15, 0.2) is 5.82 Å². The van der Waals surface area contributed by atoms with Crippen molar-refractivity contribution in [3.8, 4) is 11.5 Å². The molecule has 4 aromatic rings. The van der Waals surface area contributed by atoms with Crippen LogP contribution >= 0.6 is 0 Å². The summed E-state index contributed by atoms with van der Waals surface area (Å²) in [5.41, 5.74) is 2.22. The number of pyridine rings is 1. The first-order valence-electron chi connectivity index (χ1n) is 11.0. The van der Waals surface area contributed by atoms with E-state index in [1.165, 1.54) is 0 Å². The quantitative estimate of drug-likeness (QED) is 0.497. The number of nitrogens with one attached hydrogen (secondary N) is 1. The van der Waals surface area contributed by atoms with Crippen LogP contribution in [0.4, 0.5) is 5.82 Å². The standard InChI is InChI=1S/C25H25N5O2/c1-17-27-24(32-29-17)20-10-3-4-11-21(20)25(31)30-15-7-6-9-19(30)16-26-23-14-13-18-8-2-5-12-22(18)28-23/h2-5,8,10-14,19H,6-7,9,15-16H2,1H3,(H,26,28). The number of likely N-dealkylation sites (tertiary alicyclic amines) is 1. The van der Waals surface area contributed by atoms with E-state index in [4.69, 9.17) is 9.51 Å². The molecule has 1 amide bonds. The molecule has 1 N–H and O–H groups in total. The van der Waals surface area contributed by atoms with Crippen LogP contribution in [0.1, 0.15) is 35.4 Å². The number of para-hydroxylation sites is 1. The summed E-state index contributed by atoms with van der Waals surface area (Å²) in [5, 5.41) is 8.44. The van der Waals surface area contributed by atoms with Gasteiger partial charge in [-0.1, -0.05) is 35.5 Å². The van der Waals surface area contributed by atoms with Crippen molar-refractivity contribution in [3.63, 3.8) is 0 Å². The van der Waals surface area contributed by atoms with Crippen molar-refractivity contribution in [2.75, 3.05) is 18.4 Å². The van der Waals surface area contributed by atoms with E-state index in [1.54, 1.807) is 6.92 Å². The molecule has 32 heavy (non-hydrogen) atoms. The lowest BCUT2D eigenvalue weighted by Gasteiger charge is -2.36. The summed E-state index contributed by atoms with van der Waals surface area (Å²) in [5.74, 6) is 1.74. The second kappa shape index (κ2) is 8.78. The zero-order valence-corrected chi connectivity index (χ0v) is 18.0. The molecule has 1 aliphatic rings. The minimum absolute atomic E-state index is 0.00516. The normalized spacial score (nSPS) is 16.3. The van der Waals surface area contributed by atoms with Crippen LogP contribution in [0.25, 0.3) is 22.4 Å². The van der Waals surface area contributed by atoms with Crippen molar-refractivity contribution in [1.29, 1.82) is 0 Å². The van der Waals surface area contributed by atoms with E-state index in [0.717, 1.165) is 42.5 Å². The molecule has 0 saturated carbocycles. The first kappa shape index (κ1) is 20.2. The second-order valence-electron chi connectivity index (χ2n) is 8.11. The monoisotopic (exact) mass is 427 g/mol. The summed E-state index contributed by atoms with van der Waals surface area (Å²) in [4.78, 5) is 24.6. The van der Waals surface area contributed by atoms with Crippen LogP contribution in [0.5, 0.6) is 0 Å². The first-order valence-corrected chi connectivity index (χ1v) is 11.0. The fourth-order valence-electron chi connectivity index (χ4n) is 4.28. The van der Waals surface area contributed by atoms with E-state index in [9.17, 15) is 4.79 Å². The molecule has 3 heterocycles. The number of rotatable bonds is 5. The van der Waals surface area contributed by atoms with Crippen molar-refractivity contribution < 1.29 is 9.32 Å². The molecule has 1 saturated heterocycles. The molecule has 5 rings (SSSR count). The van der Waals surface area contributed by atoms with Crippen LogP contribution < -0.4 is 5.32 Å². The Bertz CT molecular complexity index is 1250. The predicted molar refractivity (Wildman–Crippen MR) is 123 cm³/mol. The van der Waals surface area contributed by atoms with Gasteiger partial charge in [-0.05, 0) is 56.5 Å². The summed E-state index contributed by atoms with van der Waals surface area (Å²) < 4.78 is 5.34. The van der Waals surface area contributed by atoms with E-state index in [0.29, 0.717) is 29.4 Å². The number of aromatic nitrogens is 3. The van der Waals surface area contributed by atoms with E-state index >= 15 is 0 Å². The summed E-state index contributed by atoms with van der Waals surface area (Å²) in [6.45, 7) is 3.15. The van der Waals surface area contributed by atoms with Crippen molar-refractivity contribution in [2.45, 2.75) is 32.2 Å². The van der Waals surface area contributed by atoms with Crippen LogP contribution in [0.15, 0.2) is 65.2 Å². The van der Waals surface area contributed by atoms with Crippen molar-refractivity contribution >= 4 is 22.6 Å². The average molecular weight is 428 g/mol. The third kappa shape index (κ3) is 4.06. The summed E-state index contributed by atoms with van der Waals surface area (Å²) >= 11 is 0. The van der Waals surface area contributed by atoms with Crippen molar-refractivity contribution in [1.82, 2.24) is 20.0 Å². The number of aryl methyl sites for hydroxylation is 1. The average Bonchev–Trinajstić information content (AvgIpc) is 3.28. The van der Waals surface area contributed by atoms with E-state index in [2.05, 4.69) is 27.6 Å². The Kier molecular flexibility index (Phi) is 5.54. The molecule has 1 aliphatic heterocycles. The van der Waals surface area contributed by atoms with Gasteiger partial charge in [0.1, 0.15) is 5.82 Å². The van der Waals surface area contributed by atoms with Gasteiger partial charge < -0.3 is 14.7 Å². The third-order valence-electron chi connectivity index (χ3n) is 5.92. The maximum Gasteiger partial charge on any atom is 0.258 e. The number of amides is 1. The van der Waals surface area contributed by atoms with Crippen molar-refractivity contribution in [3.05, 3.63) is 72.1 Å². The SMILES string of the molecule is Cc1noc(-c2ccccc2C(=O)N2CCCCC2CNc2ccc3ccccc3n2)n1. The maximum atomic E-state index is 13.6. The second-order valence-corrected chi connectivity index (χ2v) is 8.11. The van der Waals surface area contributed by atoms with Gasteiger partial charge in [0.05, 0.1) is 16.6 Å². The Balaban J connectivity index is 1.36. The molecule has 2 aromatic heterocycles. The molecular formula is C25H25N5O2. The number of hydrogen-bond donors (Lipinski definition) is 1. The van der Waals surface area contributed by atoms with Gasteiger partial charge in [-0.25, -0.2) is 4.98 Å². The lowest BCUT2D eigenvalue weighted by molar-refractivity contribution is 0.0629. The highest BCUT2D eigenvalue weighted by Crippen LogP contribution is 2.27. The molecule has 7 nitrogen and oxygen atoms in total. The van der Waals surface area contributed by atoms with Crippen LogP contribution in [0, 0.1) is 6.92 Å². The largest absolute Gasteiger partial charge is 0.368 e. The molecular weight excluding hydrogens is 402 g/mol. The Morgan fingerprint density at radius 2 is 1.91 bits per heavy atom. The van der Waals surface area contributed by atoms with Gasteiger partial charge in [0, 0.05) is 24.5 Å². The van der Waals surface area contributed by atoms with E-state index in [1.807, 2.05) is 53.4 Å². The fraction of sp³-hybridized carbons (Fsp3) is 0.280. The zero-order valence-electron chi connectivity index (χ0n) is 18.0. The van der Waals surface area contributed by atoms with Gasteiger partial charge in [0.2, 0.25) is 0 Å². The Morgan fingerprint density at radius 3 is 2.78 bits per heavy atom. The highest BCUT2D eigenvalue weighted by molar-refractivity contribution is 6.00. The summed E-state index contributed by atoms with van der Waals surface area (Å²) in [7, 11) is 0. The molecule has 0 bridgehead atoms. The molecule has 1 atom stereocenters. The van der Waals surface area contributed by atoms with E-state index < -0.39 is 0 Å². The minimum Gasteiger partial charge on any atom is -0.368 e. The van der Waals surface area contributed by atoms with Gasteiger partial charge in [-0.3, -0.25) is 4.79 Å². The third-order valence-corrected chi connectivity index (χ3v) is 5.92.